The Kier molecular flexibility index (Phi) is 6.90. The number of carbonyl (C=O) groups is 1. The summed E-state index contributed by atoms with van der Waals surface area (Å²) in [5.74, 6) is 3.81. The van der Waals surface area contributed by atoms with Crippen LogP contribution in [0.3, 0.4) is 0 Å². The lowest BCUT2D eigenvalue weighted by Gasteiger charge is -2.64. The number of imidazole rings is 1. The van der Waals surface area contributed by atoms with Gasteiger partial charge in [0.15, 0.2) is 0 Å². The van der Waals surface area contributed by atoms with E-state index in [9.17, 15) is 15.0 Å². The van der Waals surface area contributed by atoms with Gasteiger partial charge in [-0.1, -0.05) is 33.8 Å². The number of hydrogen-bond acceptors (Lipinski definition) is 5. The molecule has 6 heteroatoms. The molecule has 1 aromatic carbocycles. The van der Waals surface area contributed by atoms with Crippen molar-refractivity contribution in [3.63, 3.8) is 0 Å². The molecule has 4 saturated carbocycles. The number of benzene rings is 1. The maximum absolute atomic E-state index is 12.5. The van der Waals surface area contributed by atoms with Gasteiger partial charge in [-0.25, -0.2) is 9.78 Å². The number of hydrogen-bond donors (Lipinski definition) is 3. The number of H-pyrrole nitrogens is 1. The van der Waals surface area contributed by atoms with E-state index in [1.165, 1.54) is 25.7 Å². The van der Waals surface area contributed by atoms with Crippen molar-refractivity contribution in [1.82, 2.24) is 9.97 Å². The summed E-state index contributed by atoms with van der Waals surface area (Å²) in [6.07, 6.45) is 8.08. The van der Waals surface area contributed by atoms with E-state index in [0.717, 1.165) is 37.0 Å². The minimum atomic E-state index is -0.319. The predicted molar refractivity (Wildman–Crippen MR) is 152 cm³/mol. The maximum Gasteiger partial charge on any atom is 0.340 e. The van der Waals surface area contributed by atoms with Crippen LogP contribution in [0.5, 0.6) is 0 Å². The van der Waals surface area contributed by atoms with Crippen molar-refractivity contribution in [3.05, 3.63) is 29.6 Å². The van der Waals surface area contributed by atoms with Gasteiger partial charge in [0.1, 0.15) is 11.3 Å². The number of ether oxygens (including phenoxy) is 1. The first-order valence-electron chi connectivity index (χ1n) is 15.6. The zero-order valence-corrected chi connectivity index (χ0v) is 24.5. The fourth-order valence-electron chi connectivity index (χ4n) is 10.6. The fourth-order valence-corrected chi connectivity index (χ4v) is 10.6. The fraction of sp³-hybridized carbons (Fsp3) is 0.758. The molecule has 4 aliphatic rings. The Balaban J connectivity index is 1.23. The summed E-state index contributed by atoms with van der Waals surface area (Å²) in [6, 6.07) is 5.66. The molecule has 0 radical (unpaired) electrons. The summed E-state index contributed by atoms with van der Waals surface area (Å²) in [6.45, 7) is 11.8. The number of aliphatic hydroxyl groups excluding tert-OH is 2. The van der Waals surface area contributed by atoms with Crippen molar-refractivity contribution in [3.8, 4) is 0 Å². The number of aliphatic hydroxyl groups is 2. The molecule has 0 amide bonds. The zero-order valence-electron chi connectivity index (χ0n) is 24.5. The highest BCUT2D eigenvalue weighted by atomic mass is 16.5. The second-order valence-electron chi connectivity index (χ2n) is 14.2. The maximum atomic E-state index is 12.5. The Labute approximate surface area is 233 Å². The predicted octanol–water partition coefficient (Wildman–Crippen LogP) is 6.15. The lowest BCUT2D eigenvalue weighted by Crippen LogP contribution is -2.61. The highest BCUT2D eigenvalue weighted by Gasteiger charge is 2.64. The van der Waals surface area contributed by atoms with Gasteiger partial charge in [-0.2, -0.15) is 0 Å². The lowest BCUT2D eigenvalue weighted by atomic mass is 9.42. The third-order valence-electron chi connectivity index (χ3n) is 12.5. The number of nitrogens with one attached hydrogen (secondary N) is 1. The third kappa shape index (κ3) is 4.18. The molecule has 39 heavy (non-hydrogen) atoms. The second-order valence-corrected chi connectivity index (χ2v) is 14.2. The summed E-state index contributed by atoms with van der Waals surface area (Å²) in [5, 5.41) is 22.3. The number of nitrogens with zero attached hydrogens (tertiary/aromatic N) is 1. The van der Waals surface area contributed by atoms with Crippen LogP contribution in [0.1, 0.15) is 95.7 Å². The number of aromatic nitrogens is 2. The van der Waals surface area contributed by atoms with Crippen LogP contribution in [-0.2, 0) is 11.2 Å². The summed E-state index contributed by atoms with van der Waals surface area (Å²) in [4.78, 5) is 20.9. The van der Waals surface area contributed by atoms with E-state index >= 15 is 0 Å². The summed E-state index contributed by atoms with van der Waals surface area (Å²) >= 11 is 0. The SMILES string of the molecule is CCOC(=O)c1cccc2[nH]c(C[C@@H](C)[C@H]3CCC4C5C(CC[C@@]43C)[C@@]3(C)CC[C@@H](O)C[C@H]3[C@@H](C)[C@H]5O)nc12. The van der Waals surface area contributed by atoms with Crippen LogP contribution in [0.15, 0.2) is 18.2 Å². The van der Waals surface area contributed by atoms with Gasteiger partial charge in [0.2, 0.25) is 0 Å². The van der Waals surface area contributed by atoms with Crippen LogP contribution in [0.25, 0.3) is 11.0 Å². The average molecular weight is 537 g/mol. The second kappa shape index (κ2) is 9.87. The molecular formula is C33H48N2O4. The first kappa shape index (κ1) is 27.3. The quantitative estimate of drug-likeness (QED) is 0.398. The van der Waals surface area contributed by atoms with E-state index < -0.39 is 0 Å². The van der Waals surface area contributed by atoms with Crippen molar-refractivity contribution in [2.24, 2.45) is 52.3 Å². The standard InChI is InChI=1S/C33H48N2O4/c1-6-39-31(38)21-8-7-9-26-29(21)35-27(34-26)16-18(2)22-10-11-23-28-24(13-15-32(22,23)4)33(5)14-12-20(36)17-25(33)19(3)30(28)37/h7-9,18-20,22-25,28,30,36-37H,6,10-17H2,1-5H3,(H,34,35)/t18-,19-,20-,22-,23?,24?,25+,28?,30-,32-,33-/m1/s1. The van der Waals surface area contributed by atoms with Crippen molar-refractivity contribution in [2.75, 3.05) is 6.61 Å². The summed E-state index contributed by atoms with van der Waals surface area (Å²) in [7, 11) is 0. The van der Waals surface area contributed by atoms with Crippen LogP contribution in [-0.4, -0.2) is 45.0 Å². The molecule has 1 heterocycles. The van der Waals surface area contributed by atoms with E-state index in [1.807, 2.05) is 19.1 Å². The van der Waals surface area contributed by atoms with Crippen LogP contribution in [0, 0.1) is 52.3 Å². The van der Waals surface area contributed by atoms with E-state index in [0.29, 0.717) is 53.2 Å². The smallest absolute Gasteiger partial charge is 0.340 e. The number of carbonyl (C=O) groups excluding carboxylic acids is 1. The molecular weight excluding hydrogens is 488 g/mol. The van der Waals surface area contributed by atoms with E-state index in [2.05, 4.69) is 32.7 Å². The summed E-state index contributed by atoms with van der Waals surface area (Å²) < 4.78 is 5.26. The Morgan fingerprint density at radius 3 is 2.62 bits per heavy atom. The molecule has 1 aromatic heterocycles. The molecule has 6 rings (SSSR count). The van der Waals surface area contributed by atoms with Crippen molar-refractivity contribution in [1.29, 1.82) is 0 Å². The molecule has 0 aliphatic heterocycles. The normalized spacial score (nSPS) is 42.4. The Hall–Kier alpha value is -1.92. The third-order valence-corrected chi connectivity index (χ3v) is 12.5. The van der Waals surface area contributed by atoms with Crippen LogP contribution < -0.4 is 0 Å². The largest absolute Gasteiger partial charge is 0.462 e. The molecule has 0 spiro atoms. The number of rotatable bonds is 5. The first-order chi connectivity index (χ1) is 18.6. The van der Waals surface area contributed by atoms with Gasteiger partial charge in [0, 0.05) is 6.42 Å². The molecule has 11 atom stereocenters. The number of para-hydroxylation sites is 1. The molecule has 4 aliphatic carbocycles. The van der Waals surface area contributed by atoms with Crippen molar-refractivity contribution < 1.29 is 19.7 Å². The van der Waals surface area contributed by atoms with E-state index in [1.54, 1.807) is 6.07 Å². The lowest BCUT2D eigenvalue weighted by molar-refractivity contribution is -0.199. The summed E-state index contributed by atoms with van der Waals surface area (Å²) in [5.41, 5.74) is 2.57. The molecule has 2 aromatic rings. The highest BCUT2D eigenvalue weighted by Crippen LogP contribution is 2.69. The van der Waals surface area contributed by atoms with Crippen molar-refractivity contribution in [2.45, 2.75) is 98.2 Å². The first-order valence-corrected chi connectivity index (χ1v) is 15.6. The zero-order chi connectivity index (χ0) is 27.7. The Morgan fingerprint density at radius 1 is 1.10 bits per heavy atom. The van der Waals surface area contributed by atoms with Gasteiger partial charge in [-0.05, 0) is 116 Å². The monoisotopic (exact) mass is 536 g/mol. The minimum Gasteiger partial charge on any atom is -0.462 e. The van der Waals surface area contributed by atoms with Gasteiger partial charge in [0.05, 0.1) is 29.9 Å². The Bertz CT molecular complexity index is 1230. The Morgan fingerprint density at radius 2 is 1.85 bits per heavy atom. The minimum absolute atomic E-state index is 0.202. The molecule has 6 nitrogen and oxygen atoms in total. The van der Waals surface area contributed by atoms with Gasteiger partial charge in [-0.15, -0.1) is 0 Å². The van der Waals surface area contributed by atoms with Crippen LogP contribution in [0.4, 0.5) is 0 Å². The molecule has 3 unspecified atom stereocenters. The van der Waals surface area contributed by atoms with Crippen LogP contribution in [0.2, 0.25) is 0 Å². The topological polar surface area (TPSA) is 95.4 Å². The number of esters is 1. The van der Waals surface area contributed by atoms with Gasteiger partial charge in [0.25, 0.3) is 0 Å². The van der Waals surface area contributed by atoms with E-state index in [4.69, 9.17) is 9.72 Å². The molecule has 0 bridgehead atoms. The van der Waals surface area contributed by atoms with E-state index in [-0.39, 0.29) is 34.9 Å². The molecule has 3 N–H and O–H groups in total. The van der Waals surface area contributed by atoms with Gasteiger partial charge < -0.3 is 19.9 Å². The highest BCUT2D eigenvalue weighted by molar-refractivity contribution is 6.01. The average Bonchev–Trinajstić information content (AvgIpc) is 3.48. The molecule has 214 valence electrons. The van der Waals surface area contributed by atoms with Gasteiger partial charge >= 0.3 is 5.97 Å². The number of fused-ring (bicyclic) bond motifs is 6. The number of aromatic amines is 1. The van der Waals surface area contributed by atoms with Crippen molar-refractivity contribution >= 4 is 17.0 Å². The van der Waals surface area contributed by atoms with Crippen LogP contribution >= 0.6 is 0 Å². The molecule has 0 saturated heterocycles. The molecule has 4 fully saturated rings. The van der Waals surface area contributed by atoms with Gasteiger partial charge in [-0.3, -0.25) is 0 Å².